The molecule has 6 nitrogen and oxygen atoms in total. The molecule has 0 radical (unpaired) electrons. The summed E-state index contributed by atoms with van der Waals surface area (Å²) < 4.78 is 8.90. The van der Waals surface area contributed by atoms with Crippen LogP contribution in [0.4, 0.5) is 0 Å². The van der Waals surface area contributed by atoms with Gasteiger partial charge in [-0.15, -0.1) is 0 Å². The van der Waals surface area contributed by atoms with Gasteiger partial charge in [0.2, 0.25) is 5.88 Å². The minimum absolute atomic E-state index is 0.161. The lowest BCUT2D eigenvalue weighted by molar-refractivity contribution is 0.316. The van der Waals surface area contributed by atoms with Gasteiger partial charge in [-0.05, 0) is 31.2 Å². The number of rotatable bonds is 4. The molecule has 0 aliphatic carbocycles. The molecule has 0 N–H and O–H groups in total. The molecule has 3 heterocycles. The van der Waals surface area contributed by atoms with Crippen LogP contribution in [0.15, 0.2) is 71.8 Å². The number of hydrogen-bond acceptors (Lipinski definition) is 4. The van der Waals surface area contributed by atoms with Gasteiger partial charge in [-0.2, -0.15) is 5.10 Å². The first-order valence-corrected chi connectivity index (χ1v) is 8.03. The highest BCUT2D eigenvalue weighted by atomic mass is 16.5. The average molecular weight is 332 g/mol. The Bertz CT molecular complexity index is 1080. The second-order valence-corrected chi connectivity index (χ2v) is 5.45. The van der Waals surface area contributed by atoms with Crippen LogP contribution in [0.3, 0.4) is 0 Å². The average Bonchev–Trinajstić information content (AvgIpc) is 3.07. The summed E-state index contributed by atoms with van der Waals surface area (Å²) >= 11 is 0. The first kappa shape index (κ1) is 15.1. The Morgan fingerprint density at radius 2 is 1.88 bits per heavy atom. The maximum absolute atomic E-state index is 12.8. The number of benzene rings is 1. The summed E-state index contributed by atoms with van der Waals surface area (Å²) in [4.78, 5) is 17.1. The van der Waals surface area contributed by atoms with Crippen molar-refractivity contribution >= 4 is 5.65 Å². The summed E-state index contributed by atoms with van der Waals surface area (Å²) in [5.41, 5.74) is 2.27. The van der Waals surface area contributed by atoms with Gasteiger partial charge in [-0.25, -0.2) is 9.67 Å². The Labute approximate surface area is 144 Å². The SMILES string of the molecule is CCOc1cc(-c2cnc3ccccn3c2=O)nn1-c1ccccc1. The number of pyridine rings is 1. The fraction of sp³-hybridized carbons (Fsp3) is 0.105. The summed E-state index contributed by atoms with van der Waals surface area (Å²) in [6.45, 7) is 2.42. The molecule has 0 unspecified atom stereocenters. The van der Waals surface area contributed by atoms with Crippen LogP contribution in [-0.4, -0.2) is 25.8 Å². The second-order valence-electron chi connectivity index (χ2n) is 5.45. The Hall–Kier alpha value is -3.41. The minimum atomic E-state index is -0.161. The van der Waals surface area contributed by atoms with E-state index in [1.807, 2.05) is 43.3 Å². The van der Waals surface area contributed by atoms with E-state index in [2.05, 4.69) is 10.1 Å². The molecule has 25 heavy (non-hydrogen) atoms. The molecule has 3 aromatic heterocycles. The molecule has 0 amide bonds. The largest absolute Gasteiger partial charge is 0.478 e. The Balaban J connectivity index is 1.89. The summed E-state index contributed by atoms with van der Waals surface area (Å²) in [7, 11) is 0. The van der Waals surface area contributed by atoms with Gasteiger partial charge in [-0.3, -0.25) is 9.20 Å². The van der Waals surface area contributed by atoms with E-state index in [0.717, 1.165) is 5.69 Å². The smallest absolute Gasteiger partial charge is 0.267 e. The molecular formula is C19H16N4O2. The molecule has 0 atom stereocenters. The van der Waals surface area contributed by atoms with E-state index in [0.29, 0.717) is 29.4 Å². The number of fused-ring (bicyclic) bond motifs is 1. The van der Waals surface area contributed by atoms with Crippen LogP contribution < -0.4 is 10.3 Å². The number of aromatic nitrogens is 4. The molecule has 0 aliphatic rings. The van der Waals surface area contributed by atoms with Crippen molar-refractivity contribution in [2.24, 2.45) is 0 Å². The molecule has 1 aromatic carbocycles. The highest BCUT2D eigenvalue weighted by Crippen LogP contribution is 2.24. The van der Waals surface area contributed by atoms with Crippen LogP contribution in [0.25, 0.3) is 22.6 Å². The molecule has 6 heteroatoms. The molecule has 0 saturated heterocycles. The zero-order valence-corrected chi connectivity index (χ0v) is 13.7. The fourth-order valence-corrected chi connectivity index (χ4v) is 2.70. The molecule has 0 fully saturated rings. The van der Waals surface area contributed by atoms with Crippen LogP contribution in [-0.2, 0) is 0 Å². The first-order chi connectivity index (χ1) is 12.3. The normalized spacial score (nSPS) is 10.9. The quantitative estimate of drug-likeness (QED) is 0.576. The van der Waals surface area contributed by atoms with Gasteiger partial charge >= 0.3 is 0 Å². The van der Waals surface area contributed by atoms with Gasteiger partial charge in [0.05, 0.1) is 17.9 Å². The Morgan fingerprint density at radius 3 is 2.68 bits per heavy atom. The summed E-state index contributed by atoms with van der Waals surface area (Å²) in [6, 6.07) is 16.9. The van der Waals surface area contributed by atoms with Crippen molar-refractivity contribution in [1.29, 1.82) is 0 Å². The van der Waals surface area contributed by atoms with Crippen LogP contribution in [0.2, 0.25) is 0 Å². The van der Waals surface area contributed by atoms with Crippen molar-refractivity contribution in [3.8, 4) is 22.8 Å². The van der Waals surface area contributed by atoms with Crippen LogP contribution in [0.5, 0.6) is 5.88 Å². The number of hydrogen-bond donors (Lipinski definition) is 0. The van der Waals surface area contributed by atoms with E-state index in [4.69, 9.17) is 4.74 Å². The van der Waals surface area contributed by atoms with Crippen molar-refractivity contribution in [1.82, 2.24) is 19.2 Å². The molecule has 124 valence electrons. The maximum atomic E-state index is 12.8. The summed E-state index contributed by atoms with van der Waals surface area (Å²) in [5.74, 6) is 0.584. The van der Waals surface area contributed by atoms with E-state index in [-0.39, 0.29) is 5.56 Å². The lowest BCUT2D eigenvalue weighted by Gasteiger charge is -2.06. The molecule has 0 spiro atoms. The molecular weight excluding hydrogens is 316 g/mol. The summed E-state index contributed by atoms with van der Waals surface area (Å²) in [6.07, 6.45) is 3.26. The molecule has 0 bridgehead atoms. The van der Waals surface area contributed by atoms with Crippen LogP contribution in [0, 0.1) is 0 Å². The van der Waals surface area contributed by atoms with Gasteiger partial charge in [0.25, 0.3) is 5.56 Å². The first-order valence-electron chi connectivity index (χ1n) is 8.03. The van der Waals surface area contributed by atoms with Gasteiger partial charge in [-0.1, -0.05) is 24.3 Å². The van der Waals surface area contributed by atoms with Crippen LogP contribution in [0.1, 0.15) is 6.92 Å². The monoisotopic (exact) mass is 332 g/mol. The van der Waals surface area contributed by atoms with E-state index in [9.17, 15) is 4.79 Å². The summed E-state index contributed by atoms with van der Waals surface area (Å²) in [5, 5.41) is 4.58. The topological polar surface area (TPSA) is 61.4 Å². The Kier molecular flexibility index (Phi) is 3.78. The number of ether oxygens (including phenoxy) is 1. The predicted octanol–water partition coefficient (Wildman–Crippen LogP) is 2.95. The van der Waals surface area contributed by atoms with Gasteiger partial charge in [0, 0.05) is 18.5 Å². The van der Waals surface area contributed by atoms with E-state index in [1.54, 1.807) is 35.3 Å². The van der Waals surface area contributed by atoms with Crippen molar-refractivity contribution in [2.45, 2.75) is 6.92 Å². The van der Waals surface area contributed by atoms with Gasteiger partial charge in [0.15, 0.2) is 0 Å². The lowest BCUT2D eigenvalue weighted by atomic mass is 10.2. The minimum Gasteiger partial charge on any atom is -0.478 e. The van der Waals surface area contributed by atoms with Crippen molar-refractivity contribution in [3.05, 3.63) is 77.3 Å². The maximum Gasteiger partial charge on any atom is 0.267 e. The van der Waals surface area contributed by atoms with Crippen LogP contribution >= 0.6 is 0 Å². The number of para-hydroxylation sites is 1. The third-order valence-corrected chi connectivity index (χ3v) is 3.86. The lowest BCUT2D eigenvalue weighted by Crippen LogP contribution is -2.16. The predicted molar refractivity (Wildman–Crippen MR) is 95.2 cm³/mol. The van der Waals surface area contributed by atoms with Crippen molar-refractivity contribution in [3.63, 3.8) is 0 Å². The highest BCUT2D eigenvalue weighted by molar-refractivity contribution is 5.61. The zero-order chi connectivity index (χ0) is 17.2. The van der Waals surface area contributed by atoms with E-state index in [1.165, 1.54) is 4.40 Å². The van der Waals surface area contributed by atoms with Crippen molar-refractivity contribution in [2.75, 3.05) is 6.61 Å². The third kappa shape index (κ3) is 2.67. The molecule has 4 rings (SSSR count). The third-order valence-electron chi connectivity index (χ3n) is 3.86. The van der Waals surface area contributed by atoms with Crippen molar-refractivity contribution < 1.29 is 4.74 Å². The molecule has 4 aromatic rings. The second kappa shape index (κ2) is 6.24. The molecule has 0 aliphatic heterocycles. The van der Waals surface area contributed by atoms with Gasteiger partial charge in [0.1, 0.15) is 11.3 Å². The molecule has 0 saturated carbocycles. The fourth-order valence-electron chi connectivity index (χ4n) is 2.70. The highest BCUT2D eigenvalue weighted by Gasteiger charge is 2.15. The zero-order valence-electron chi connectivity index (χ0n) is 13.7. The Morgan fingerprint density at radius 1 is 1.08 bits per heavy atom. The van der Waals surface area contributed by atoms with E-state index < -0.39 is 0 Å². The van der Waals surface area contributed by atoms with Gasteiger partial charge < -0.3 is 4.74 Å². The van der Waals surface area contributed by atoms with E-state index >= 15 is 0 Å². The standard InChI is InChI=1S/C19H16N4O2/c1-2-25-18-12-16(21-23(18)14-8-4-3-5-9-14)15-13-20-17-10-6-7-11-22(17)19(15)24/h3-13H,2H2,1H3. The number of nitrogens with zero attached hydrogens (tertiary/aromatic N) is 4.